The predicted octanol–water partition coefficient (Wildman–Crippen LogP) is 2.98. The van der Waals surface area contributed by atoms with E-state index in [0.717, 1.165) is 48.2 Å². The number of hydrogen-bond donors (Lipinski definition) is 2. The number of anilines is 1. The second kappa shape index (κ2) is 5.37. The van der Waals surface area contributed by atoms with Crippen LogP contribution < -0.4 is 5.32 Å². The van der Waals surface area contributed by atoms with Crippen molar-refractivity contribution in [3.05, 3.63) is 30.5 Å². The molecule has 2 aromatic rings. The Hall–Kier alpha value is -1.68. The third-order valence-corrected chi connectivity index (χ3v) is 4.48. The minimum Gasteiger partial charge on any atom is -0.394 e. The van der Waals surface area contributed by atoms with Gasteiger partial charge in [-0.2, -0.15) is 10.2 Å². The zero-order valence-corrected chi connectivity index (χ0v) is 11.8. The molecule has 0 unspecified atom stereocenters. The fourth-order valence-electron chi connectivity index (χ4n) is 3.03. The minimum absolute atomic E-state index is 0.163. The topological polar surface area (TPSA) is 58.0 Å². The van der Waals surface area contributed by atoms with Crippen molar-refractivity contribution in [1.29, 1.82) is 0 Å². The Morgan fingerprint density at radius 2 is 2.05 bits per heavy atom. The van der Waals surface area contributed by atoms with Crippen molar-refractivity contribution in [1.82, 2.24) is 10.2 Å². The molecule has 1 saturated carbocycles. The molecule has 0 aliphatic heterocycles. The smallest absolute Gasteiger partial charge is 0.0950 e. The summed E-state index contributed by atoms with van der Waals surface area (Å²) in [5.41, 5.74) is 1.65. The molecule has 106 valence electrons. The molecule has 3 rings (SSSR count). The summed E-state index contributed by atoms with van der Waals surface area (Å²) < 4.78 is 0. The summed E-state index contributed by atoms with van der Waals surface area (Å²) in [5.74, 6) is 0.754. The molecule has 20 heavy (non-hydrogen) atoms. The summed E-state index contributed by atoms with van der Waals surface area (Å²) >= 11 is 0. The number of nitrogens with zero attached hydrogens (tertiary/aromatic N) is 2. The van der Waals surface area contributed by atoms with Crippen LogP contribution in [-0.4, -0.2) is 27.4 Å². The maximum Gasteiger partial charge on any atom is 0.0950 e. The number of aliphatic hydroxyl groups is 1. The minimum atomic E-state index is -0.210. The third-order valence-electron chi connectivity index (χ3n) is 4.48. The number of fused-ring (bicyclic) bond motifs is 1. The molecule has 0 radical (unpaired) electrons. The molecule has 1 aliphatic carbocycles. The summed E-state index contributed by atoms with van der Waals surface area (Å²) in [4.78, 5) is 0. The fourth-order valence-corrected chi connectivity index (χ4v) is 3.03. The van der Waals surface area contributed by atoms with Gasteiger partial charge in [-0.3, -0.25) is 0 Å². The molecule has 4 nitrogen and oxygen atoms in total. The first-order valence-electron chi connectivity index (χ1n) is 7.32. The lowest BCUT2D eigenvalue weighted by atomic mass is 9.77. The number of nitrogens with one attached hydrogen (secondary N) is 1. The van der Waals surface area contributed by atoms with E-state index >= 15 is 0 Å². The van der Waals surface area contributed by atoms with Crippen LogP contribution in [0.25, 0.3) is 10.9 Å². The summed E-state index contributed by atoms with van der Waals surface area (Å²) in [5, 5.41) is 22.7. The van der Waals surface area contributed by atoms with Gasteiger partial charge in [-0.25, -0.2) is 0 Å². The van der Waals surface area contributed by atoms with Crippen LogP contribution in [0.1, 0.15) is 32.6 Å². The largest absolute Gasteiger partial charge is 0.394 e. The lowest BCUT2D eigenvalue weighted by Gasteiger charge is -2.39. The SMILES string of the molecule is CC1CCC(CO)(Nc2cnnc3ccccc23)CC1. The summed E-state index contributed by atoms with van der Waals surface area (Å²) in [6, 6.07) is 7.97. The van der Waals surface area contributed by atoms with Gasteiger partial charge in [0.05, 0.1) is 29.5 Å². The summed E-state index contributed by atoms with van der Waals surface area (Å²) in [7, 11) is 0. The Morgan fingerprint density at radius 3 is 2.80 bits per heavy atom. The second-order valence-electron chi connectivity index (χ2n) is 6.02. The van der Waals surface area contributed by atoms with E-state index in [4.69, 9.17) is 0 Å². The van der Waals surface area contributed by atoms with Gasteiger partial charge < -0.3 is 10.4 Å². The summed E-state index contributed by atoms with van der Waals surface area (Å²) in [6.07, 6.45) is 6.08. The van der Waals surface area contributed by atoms with Crippen molar-refractivity contribution < 1.29 is 5.11 Å². The van der Waals surface area contributed by atoms with Crippen molar-refractivity contribution in [2.75, 3.05) is 11.9 Å². The van der Waals surface area contributed by atoms with E-state index in [1.807, 2.05) is 24.3 Å². The fraction of sp³-hybridized carbons (Fsp3) is 0.500. The molecule has 1 fully saturated rings. The highest BCUT2D eigenvalue weighted by molar-refractivity contribution is 5.90. The highest BCUT2D eigenvalue weighted by atomic mass is 16.3. The van der Waals surface area contributed by atoms with Crippen LogP contribution in [0.3, 0.4) is 0 Å². The predicted molar refractivity (Wildman–Crippen MR) is 80.6 cm³/mol. The molecule has 0 spiro atoms. The Balaban J connectivity index is 1.91. The van der Waals surface area contributed by atoms with Gasteiger partial charge in [0, 0.05) is 5.39 Å². The quantitative estimate of drug-likeness (QED) is 0.901. The zero-order valence-electron chi connectivity index (χ0n) is 11.8. The number of aliphatic hydroxyl groups excluding tert-OH is 1. The van der Waals surface area contributed by atoms with Gasteiger partial charge in [0.1, 0.15) is 0 Å². The van der Waals surface area contributed by atoms with Crippen molar-refractivity contribution in [2.45, 2.75) is 38.1 Å². The standard InChI is InChI=1S/C16H21N3O/c1-12-6-8-16(11-20,9-7-12)18-15-10-17-19-14-5-3-2-4-13(14)15/h2-5,10,12,20H,6-9,11H2,1H3,(H,18,19). The lowest BCUT2D eigenvalue weighted by molar-refractivity contribution is 0.155. The molecule has 1 aromatic carbocycles. The molecule has 1 aromatic heterocycles. The average Bonchev–Trinajstić information content (AvgIpc) is 2.50. The van der Waals surface area contributed by atoms with E-state index < -0.39 is 0 Å². The first-order valence-corrected chi connectivity index (χ1v) is 7.32. The molecule has 1 aliphatic rings. The summed E-state index contributed by atoms with van der Waals surface area (Å²) in [6.45, 7) is 2.45. The lowest BCUT2D eigenvalue weighted by Crippen LogP contribution is -2.45. The highest BCUT2D eigenvalue weighted by Crippen LogP contribution is 2.35. The van der Waals surface area contributed by atoms with Crippen LogP contribution in [0.2, 0.25) is 0 Å². The van der Waals surface area contributed by atoms with E-state index in [1.165, 1.54) is 0 Å². The van der Waals surface area contributed by atoms with E-state index in [1.54, 1.807) is 6.20 Å². The molecule has 1 heterocycles. The monoisotopic (exact) mass is 271 g/mol. The van der Waals surface area contributed by atoms with E-state index in [0.29, 0.717) is 0 Å². The van der Waals surface area contributed by atoms with Crippen molar-refractivity contribution in [3.8, 4) is 0 Å². The van der Waals surface area contributed by atoms with Crippen molar-refractivity contribution >= 4 is 16.6 Å². The molecule has 0 saturated heterocycles. The second-order valence-corrected chi connectivity index (χ2v) is 6.02. The van der Waals surface area contributed by atoms with Crippen LogP contribution in [-0.2, 0) is 0 Å². The Morgan fingerprint density at radius 1 is 1.30 bits per heavy atom. The molecule has 0 atom stereocenters. The molecule has 0 amide bonds. The van der Waals surface area contributed by atoms with Gasteiger partial charge in [-0.05, 0) is 37.7 Å². The number of hydrogen-bond acceptors (Lipinski definition) is 4. The first kappa shape index (κ1) is 13.3. The van der Waals surface area contributed by atoms with Crippen LogP contribution in [0.4, 0.5) is 5.69 Å². The van der Waals surface area contributed by atoms with Crippen LogP contribution in [0.5, 0.6) is 0 Å². The first-order chi connectivity index (χ1) is 9.72. The van der Waals surface area contributed by atoms with Gasteiger partial charge in [0.15, 0.2) is 0 Å². The molecule has 2 N–H and O–H groups in total. The van der Waals surface area contributed by atoms with Crippen LogP contribution >= 0.6 is 0 Å². The van der Waals surface area contributed by atoms with E-state index in [9.17, 15) is 5.11 Å². The average molecular weight is 271 g/mol. The maximum atomic E-state index is 9.86. The molecular weight excluding hydrogens is 250 g/mol. The van der Waals surface area contributed by atoms with Gasteiger partial charge >= 0.3 is 0 Å². The highest BCUT2D eigenvalue weighted by Gasteiger charge is 2.33. The van der Waals surface area contributed by atoms with E-state index in [-0.39, 0.29) is 12.1 Å². The van der Waals surface area contributed by atoms with Gasteiger partial charge in [0.2, 0.25) is 0 Å². The normalized spacial score (nSPS) is 26.6. The molecule has 4 heteroatoms. The van der Waals surface area contributed by atoms with Crippen molar-refractivity contribution in [2.24, 2.45) is 5.92 Å². The Labute approximate surface area is 119 Å². The molecule has 0 bridgehead atoms. The Bertz CT molecular complexity index is 586. The number of rotatable bonds is 3. The third kappa shape index (κ3) is 2.48. The van der Waals surface area contributed by atoms with Gasteiger partial charge in [0.25, 0.3) is 0 Å². The number of aromatic nitrogens is 2. The zero-order chi connectivity index (χ0) is 14.0. The van der Waals surface area contributed by atoms with Crippen LogP contribution in [0, 0.1) is 5.92 Å². The Kier molecular flexibility index (Phi) is 3.57. The van der Waals surface area contributed by atoms with Crippen molar-refractivity contribution in [3.63, 3.8) is 0 Å². The van der Waals surface area contributed by atoms with E-state index in [2.05, 4.69) is 22.4 Å². The van der Waals surface area contributed by atoms with Gasteiger partial charge in [-0.1, -0.05) is 25.1 Å². The van der Waals surface area contributed by atoms with Gasteiger partial charge in [-0.15, -0.1) is 0 Å². The maximum absolute atomic E-state index is 9.86. The number of benzene rings is 1. The van der Waals surface area contributed by atoms with Crippen LogP contribution in [0.15, 0.2) is 30.5 Å². The molecular formula is C16H21N3O.